The zero-order valence-electron chi connectivity index (χ0n) is 15.7. The molecule has 0 aliphatic rings. The van der Waals surface area contributed by atoms with Crippen molar-refractivity contribution in [1.82, 2.24) is 15.2 Å². The molecule has 0 radical (unpaired) electrons. The van der Waals surface area contributed by atoms with Gasteiger partial charge in [0.2, 0.25) is 16.9 Å². The number of benzene rings is 2. The van der Waals surface area contributed by atoms with Gasteiger partial charge in [-0.05, 0) is 24.1 Å². The first kappa shape index (κ1) is 20.5. The van der Waals surface area contributed by atoms with Crippen molar-refractivity contribution in [3.63, 3.8) is 0 Å². The van der Waals surface area contributed by atoms with Crippen LogP contribution in [0.5, 0.6) is 0 Å². The van der Waals surface area contributed by atoms with Crippen LogP contribution in [-0.2, 0) is 16.0 Å². The van der Waals surface area contributed by atoms with Crippen LogP contribution in [0.25, 0.3) is 10.2 Å². The summed E-state index contributed by atoms with van der Waals surface area (Å²) < 4.78 is 1.64. The van der Waals surface area contributed by atoms with Crippen molar-refractivity contribution in [3.05, 3.63) is 60.2 Å². The van der Waals surface area contributed by atoms with Crippen LogP contribution >= 0.6 is 34.4 Å². The quantitative estimate of drug-likeness (QED) is 0.301. The van der Waals surface area contributed by atoms with Gasteiger partial charge in [-0.15, -0.1) is 10.2 Å². The lowest BCUT2D eigenvalue weighted by molar-refractivity contribution is -0.116. The first-order valence-corrected chi connectivity index (χ1v) is 11.7. The lowest BCUT2D eigenvalue weighted by Crippen LogP contribution is -2.13. The summed E-state index contributed by atoms with van der Waals surface area (Å²) >= 11 is 3.96. The number of carbonyl (C=O) groups excluding carboxylic acids is 2. The Bertz CT molecular complexity index is 1130. The first-order chi connectivity index (χ1) is 14.7. The summed E-state index contributed by atoms with van der Waals surface area (Å²) in [6.45, 7) is 0. The molecule has 2 amide bonds. The number of aryl methyl sites for hydroxylation is 1. The highest BCUT2D eigenvalue weighted by Crippen LogP contribution is 2.27. The third-order valence-corrected chi connectivity index (χ3v) is 6.93. The van der Waals surface area contributed by atoms with E-state index in [2.05, 4.69) is 25.8 Å². The van der Waals surface area contributed by atoms with E-state index in [0.717, 1.165) is 15.8 Å². The summed E-state index contributed by atoms with van der Waals surface area (Å²) in [5.41, 5.74) is 1.97. The number of hydrogen-bond donors (Lipinski definition) is 2. The van der Waals surface area contributed by atoms with Gasteiger partial charge in [-0.2, -0.15) is 0 Å². The molecule has 4 rings (SSSR count). The number of para-hydroxylation sites is 1. The molecule has 4 aromatic rings. The number of nitrogens with one attached hydrogen (secondary N) is 2. The van der Waals surface area contributed by atoms with E-state index in [1.54, 1.807) is 0 Å². The van der Waals surface area contributed by atoms with Crippen molar-refractivity contribution in [2.24, 2.45) is 0 Å². The minimum absolute atomic E-state index is 0.111. The van der Waals surface area contributed by atoms with Gasteiger partial charge in [-0.3, -0.25) is 9.59 Å². The number of aromatic nitrogens is 3. The molecule has 0 saturated heterocycles. The fourth-order valence-electron chi connectivity index (χ4n) is 2.61. The van der Waals surface area contributed by atoms with Crippen LogP contribution in [0.15, 0.2) is 58.9 Å². The average Bonchev–Trinajstić information content (AvgIpc) is 3.37. The predicted octanol–water partition coefficient (Wildman–Crippen LogP) is 4.45. The second-order valence-corrected chi connectivity index (χ2v) is 9.46. The van der Waals surface area contributed by atoms with E-state index >= 15 is 0 Å². The van der Waals surface area contributed by atoms with Gasteiger partial charge in [-0.25, -0.2) is 4.98 Å². The maximum absolute atomic E-state index is 12.2. The van der Waals surface area contributed by atoms with E-state index in [9.17, 15) is 9.59 Å². The molecule has 2 aromatic carbocycles. The van der Waals surface area contributed by atoms with E-state index in [-0.39, 0.29) is 17.6 Å². The van der Waals surface area contributed by atoms with Crippen molar-refractivity contribution in [3.8, 4) is 0 Å². The van der Waals surface area contributed by atoms with Crippen molar-refractivity contribution in [1.29, 1.82) is 0 Å². The molecule has 0 unspecified atom stereocenters. The van der Waals surface area contributed by atoms with Crippen LogP contribution in [0, 0.1) is 0 Å². The Hall–Kier alpha value is -2.82. The largest absolute Gasteiger partial charge is 0.301 e. The van der Waals surface area contributed by atoms with E-state index in [4.69, 9.17) is 0 Å². The van der Waals surface area contributed by atoms with Gasteiger partial charge in [0.15, 0.2) is 9.47 Å². The van der Waals surface area contributed by atoms with Gasteiger partial charge in [0.1, 0.15) is 0 Å². The number of rotatable bonds is 8. The summed E-state index contributed by atoms with van der Waals surface area (Å²) in [5, 5.41) is 14.6. The molecular weight excluding hydrogens is 438 g/mol. The molecule has 30 heavy (non-hydrogen) atoms. The van der Waals surface area contributed by atoms with Crippen LogP contribution in [0.4, 0.5) is 10.3 Å². The maximum Gasteiger partial charge on any atom is 0.236 e. The Kier molecular flexibility index (Phi) is 6.67. The standard InChI is InChI=1S/C20H17N5O2S3/c26-16(11-10-13-6-2-1-3-7-13)22-19-24-25-20(30-19)28-12-17(27)23-18-21-14-8-4-5-9-15(14)29-18/h1-9H,10-12H2,(H,21,23,27)(H,22,24,26). The highest BCUT2D eigenvalue weighted by Gasteiger charge is 2.12. The smallest absolute Gasteiger partial charge is 0.236 e. The second kappa shape index (κ2) is 9.79. The van der Waals surface area contributed by atoms with E-state index in [0.29, 0.717) is 27.4 Å². The number of amides is 2. The van der Waals surface area contributed by atoms with Crippen molar-refractivity contribution < 1.29 is 9.59 Å². The Morgan fingerprint density at radius 3 is 2.47 bits per heavy atom. The van der Waals surface area contributed by atoms with Gasteiger partial charge in [0.25, 0.3) is 0 Å². The molecular formula is C20H17N5O2S3. The Morgan fingerprint density at radius 1 is 0.867 bits per heavy atom. The van der Waals surface area contributed by atoms with Crippen molar-refractivity contribution >= 4 is 66.7 Å². The minimum atomic E-state index is -0.164. The topological polar surface area (TPSA) is 96.9 Å². The SMILES string of the molecule is O=C(CCc1ccccc1)Nc1nnc(SCC(=O)Nc2nc3ccccc3s2)s1. The fraction of sp³-hybridized carbons (Fsp3) is 0.150. The monoisotopic (exact) mass is 455 g/mol. The summed E-state index contributed by atoms with van der Waals surface area (Å²) in [7, 11) is 0. The first-order valence-electron chi connectivity index (χ1n) is 9.11. The molecule has 2 N–H and O–H groups in total. The van der Waals surface area contributed by atoms with Crippen molar-refractivity contribution in [2.75, 3.05) is 16.4 Å². The van der Waals surface area contributed by atoms with Gasteiger partial charge in [-0.1, -0.05) is 76.9 Å². The van der Waals surface area contributed by atoms with E-state index < -0.39 is 0 Å². The van der Waals surface area contributed by atoms with Crippen LogP contribution < -0.4 is 10.6 Å². The Labute approximate surface area is 185 Å². The fourth-order valence-corrected chi connectivity index (χ4v) is 5.06. The molecule has 0 fully saturated rings. The molecule has 0 atom stereocenters. The number of carbonyl (C=O) groups is 2. The Morgan fingerprint density at radius 2 is 1.63 bits per heavy atom. The van der Waals surface area contributed by atoms with E-state index in [1.807, 2.05) is 54.6 Å². The number of anilines is 2. The lowest BCUT2D eigenvalue weighted by atomic mass is 10.1. The van der Waals surface area contributed by atoms with Crippen LogP contribution in [0.3, 0.4) is 0 Å². The molecule has 0 bridgehead atoms. The minimum Gasteiger partial charge on any atom is -0.301 e. The van der Waals surface area contributed by atoms with Gasteiger partial charge in [0, 0.05) is 6.42 Å². The van der Waals surface area contributed by atoms with Gasteiger partial charge in [0.05, 0.1) is 16.0 Å². The third kappa shape index (κ3) is 5.62. The summed E-state index contributed by atoms with van der Waals surface area (Å²) in [6, 6.07) is 17.6. The van der Waals surface area contributed by atoms with Gasteiger partial charge >= 0.3 is 0 Å². The lowest BCUT2D eigenvalue weighted by Gasteiger charge is -2.01. The highest BCUT2D eigenvalue weighted by molar-refractivity contribution is 8.01. The third-order valence-electron chi connectivity index (χ3n) is 4.00. The van der Waals surface area contributed by atoms with Crippen molar-refractivity contribution in [2.45, 2.75) is 17.2 Å². The predicted molar refractivity (Wildman–Crippen MR) is 122 cm³/mol. The second-order valence-electron chi connectivity index (χ2n) is 6.23. The summed E-state index contributed by atoms with van der Waals surface area (Å²) in [4.78, 5) is 28.7. The highest BCUT2D eigenvalue weighted by atomic mass is 32.2. The summed E-state index contributed by atoms with van der Waals surface area (Å²) in [6.07, 6.45) is 1.04. The average molecular weight is 456 g/mol. The molecule has 2 aromatic heterocycles. The van der Waals surface area contributed by atoms with Crippen LogP contribution in [0.2, 0.25) is 0 Å². The molecule has 0 spiro atoms. The Balaban J connectivity index is 1.23. The number of thiazole rings is 1. The molecule has 7 nitrogen and oxygen atoms in total. The molecule has 152 valence electrons. The normalized spacial score (nSPS) is 10.8. The van der Waals surface area contributed by atoms with E-state index in [1.165, 1.54) is 34.4 Å². The number of hydrogen-bond acceptors (Lipinski definition) is 8. The molecule has 0 aliphatic heterocycles. The zero-order valence-corrected chi connectivity index (χ0v) is 18.1. The molecule has 0 saturated carbocycles. The number of fused-ring (bicyclic) bond motifs is 1. The van der Waals surface area contributed by atoms with Gasteiger partial charge < -0.3 is 10.6 Å². The molecule has 10 heteroatoms. The summed E-state index contributed by atoms with van der Waals surface area (Å²) in [5.74, 6) is -0.0881. The maximum atomic E-state index is 12.2. The zero-order chi connectivity index (χ0) is 20.8. The molecule has 0 aliphatic carbocycles. The van der Waals surface area contributed by atoms with Crippen LogP contribution in [0.1, 0.15) is 12.0 Å². The number of nitrogens with zero attached hydrogens (tertiary/aromatic N) is 3. The number of thioether (sulfide) groups is 1. The van der Waals surface area contributed by atoms with Crippen LogP contribution in [-0.4, -0.2) is 32.7 Å². The molecule has 2 heterocycles.